The predicted octanol–water partition coefficient (Wildman–Crippen LogP) is 3.27. The number of nitrogens with one attached hydrogen (secondary N) is 1. The lowest BCUT2D eigenvalue weighted by Crippen LogP contribution is -1.85. The van der Waals surface area contributed by atoms with Crippen molar-refractivity contribution in [3.05, 3.63) is 52.8 Å². The van der Waals surface area contributed by atoms with Crippen LogP contribution in [0.2, 0.25) is 5.02 Å². The van der Waals surface area contributed by atoms with E-state index in [1.165, 1.54) is 0 Å². The highest BCUT2D eigenvalue weighted by Gasteiger charge is 1.95. The van der Waals surface area contributed by atoms with Crippen LogP contribution in [0.1, 0.15) is 11.3 Å². The molecule has 0 unspecified atom stereocenters. The lowest BCUT2D eigenvalue weighted by Gasteiger charge is -1.99. The fraction of sp³-hybridized carbons (Fsp3) is 0.143. The first-order chi connectivity index (χ1) is 8.29. The molecule has 0 aliphatic rings. The first-order valence-electron chi connectivity index (χ1n) is 5.24. The van der Waals surface area contributed by atoms with Crippen LogP contribution in [0.15, 0.2) is 36.5 Å². The predicted molar refractivity (Wildman–Crippen MR) is 69.4 cm³/mol. The third-order valence-corrected chi connectivity index (χ3v) is 2.68. The Morgan fingerprint density at radius 3 is 2.59 bits per heavy atom. The Kier molecular flexibility index (Phi) is 3.74. The topological polar surface area (TPSA) is 25.0 Å². The van der Waals surface area contributed by atoms with E-state index in [9.17, 15) is 0 Å². The average Bonchev–Trinajstić information content (AvgIpc) is 2.76. The molecule has 1 heterocycles. The van der Waals surface area contributed by atoms with Crippen molar-refractivity contribution in [2.45, 2.75) is 6.42 Å². The van der Waals surface area contributed by atoms with Gasteiger partial charge in [-0.1, -0.05) is 29.7 Å². The molecular weight excluding hydrogens is 234 g/mol. The second-order valence-electron chi connectivity index (χ2n) is 3.53. The van der Waals surface area contributed by atoms with Crippen molar-refractivity contribution in [3.8, 4) is 17.6 Å². The number of ether oxygens (including phenoxy) is 1. The maximum Gasteiger partial charge on any atom is 0.118 e. The zero-order chi connectivity index (χ0) is 12.1. The minimum Gasteiger partial charge on any atom is -0.497 e. The number of aromatic amines is 1. The van der Waals surface area contributed by atoms with Crippen LogP contribution in [-0.2, 0) is 6.42 Å². The van der Waals surface area contributed by atoms with E-state index in [0.717, 1.165) is 17.0 Å². The summed E-state index contributed by atoms with van der Waals surface area (Å²) < 4.78 is 5.09. The Bertz CT molecular complexity index is 546. The van der Waals surface area contributed by atoms with E-state index in [2.05, 4.69) is 16.8 Å². The van der Waals surface area contributed by atoms with Crippen LogP contribution in [0.5, 0.6) is 5.75 Å². The van der Waals surface area contributed by atoms with E-state index in [0.29, 0.717) is 11.4 Å². The highest BCUT2D eigenvalue weighted by molar-refractivity contribution is 6.31. The quantitative estimate of drug-likeness (QED) is 0.807. The van der Waals surface area contributed by atoms with Gasteiger partial charge in [-0.3, -0.25) is 0 Å². The molecule has 0 saturated carbocycles. The molecule has 2 aromatic rings. The van der Waals surface area contributed by atoms with Gasteiger partial charge in [-0.25, -0.2) is 0 Å². The molecule has 0 aliphatic carbocycles. The average molecular weight is 246 g/mol. The van der Waals surface area contributed by atoms with E-state index in [1.807, 2.05) is 24.3 Å². The summed E-state index contributed by atoms with van der Waals surface area (Å²) in [4.78, 5) is 2.98. The summed E-state index contributed by atoms with van der Waals surface area (Å²) in [5, 5.41) is 0.659. The molecule has 0 radical (unpaired) electrons. The smallest absolute Gasteiger partial charge is 0.118 e. The SMILES string of the molecule is COc1ccc(CC#Cc2[nH]ccc2Cl)cc1. The third kappa shape index (κ3) is 3.05. The molecule has 0 aliphatic heterocycles. The molecule has 0 amide bonds. The van der Waals surface area contributed by atoms with Crippen LogP contribution in [0.4, 0.5) is 0 Å². The summed E-state index contributed by atoms with van der Waals surface area (Å²) >= 11 is 5.91. The van der Waals surface area contributed by atoms with E-state index in [4.69, 9.17) is 16.3 Å². The van der Waals surface area contributed by atoms with E-state index in [1.54, 1.807) is 19.4 Å². The highest BCUT2D eigenvalue weighted by atomic mass is 35.5. The Morgan fingerprint density at radius 2 is 2.00 bits per heavy atom. The monoisotopic (exact) mass is 245 g/mol. The van der Waals surface area contributed by atoms with Gasteiger partial charge in [0.1, 0.15) is 11.4 Å². The Labute approximate surface area is 106 Å². The van der Waals surface area contributed by atoms with Crippen LogP contribution in [-0.4, -0.2) is 12.1 Å². The van der Waals surface area contributed by atoms with E-state index in [-0.39, 0.29) is 0 Å². The van der Waals surface area contributed by atoms with Crippen LogP contribution in [0, 0.1) is 11.8 Å². The normalized spacial score (nSPS) is 9.53. The highest BCUT2D eigenvalue weighted by Crippen LogP contribution is 2.13. The molecule has 1 aromatic carbocycles. The summed E-state index contributed by atoms with van der Waals surface area (Å²) in [5.41, 5.74) is 1.92. The van der Waals surface area contributed by atoms with Crippen molar-refractivity contribution in [1.82, 2.24) is 4.98 Å². The molecule has 2 rings (SSSR count). The number of halogens is 1. The molecule has 0 fully saturated rings. The van der Waals surface area contributed by atoms with Gasteiger partial charge in [0, 0.05) is 12.6 Å². The van der Waals surface area contributed by atoms with E-state index < -0.39 is 0 Å². The maximum atomic E-state index is 5.91. The van der Waals surface area contributed by atoms with Gasteiger partial charge in [-0.15, -0.1) is 0 Å². The van der Waals surface area contributed by atoms with Gasteiger partial charge in [0.25, 0.3) is 0 Å². The number of benzene rings is 1. The molecular formula is C14H12ClNO. The Morgan fingerprint density at radius 1 is 1.24 bits per heavy atom. The van der Waals surface area contributed by atoms with Crippen LogP contribution >= 0.6 is 11.6 Å². The van der Waals surface area contributed by atoms with Gasteiger partial charge in [-0.05, 0) is 29.7 Å². The van der Waals surface area contributed by atoms with Gasteiger partial charge >= 0.3 is 0 Å². The largest absolute Gasteiger partial charge is 0.497 e. The van der Waals surface area contributed by atoms with E-state index >= 15 is 0 Å². The van der Waals surface area contributed by atoms with Crippen molar-refractivity contribution in [2.75, 3.05) is 7.11 Å². The minimum atomic E-state index is 0.659. The van der Waals surface area contributed by atoms with Crippen molar-refractivity contribution in [3.63, 3.8) is 0 Å². The van der Waals surface area contributed by atoms with Crippen molar-refractivity contribution >= 4 is 11.6 Å². The number of methoxy groups -OCH3 is 1. The van der Waals surface area contributed by atoms with Gasteiger partial charge in [0.15, 0.2) is 0 Å². The zero-order valence-electron chi connectivity index (χ0n) is 9.46. The molecule has 86 valence electrons. The maximum absolute atomic E-state index is 5.91. The second-order valence-corrected chi connectivity index (χ2v) is 3.93. The molecule has 0 saturated heterocycles. The number of H-pyrrole nitrogens is 1. The van der Waals surface area contributed by atoms with Crippen molar-refractivity contribution in [2.24, 2.45) is 0 Å². The Balaban J connectivity index is 2.03. The number of aromatic nitrogens is 1. The molecule has 0 bridgehead atoms. The molecule has 2 nitrogen and oxygen atoms in total. The molecule has 3 heteroatoms. The standard InChI is InChI=1S/C14H12ClNO/c1-17-12-7-5-11(6-8-12)3-2-4-14-13(15)9-10-16-14/h5-10,16H,3H2,1H3. The summed E-state index contributed by atoms with van der Waals surface area (Å²) in [6.45, 7) is 0. The number of rotatable bonds is 2. The summed E-state index contributed by atoms with van der Waals surface area (Å²) in [6, 6.07) is 9.66. The van der Waals surface area contributed by atoms with Gasteiger partial charge in [0.05, 0.1) is 12.1 Å². The summed E-state index contributed by atoms with van der Waals surface area (Å²) in [6.07, 6.45) is 2.47. The lowest BCUT2D eigenvalue weighted by atomic mass is 10.1. The molecule has 0 spiro atoms. The fourth-order valence-corrected chi connectivity index (χ4v) is 1.59. The third-order valence-electron chi connectivity index (χ3n) is 2.36. The molecule has 17 heavy (non-hydrogen) atoms. The zero-order valence-corrected chi connectivity index (χ0v) is 10.2. The van der Waals surface area contributed by atoms with Crippen molar-refractivity contribution in [1.29, 1.82) is 0 Å². The van der Waals surface area contributed by atoms with Crippen LogP contribution < -0.4 is 4.74 Å². The molecule has 1 aromatic heterocycles. The van der Waals surface area contributed by atoms with Crippen LogP contribution in [0.25, 0.3) is 0 Å². The van der Waals surface area contributed by atoms with Gasteiger partial charge < -0.3 is 9.72 Å². The van der Waals surface area contributed by atoms with Gasteiger partial charge in [0.2, 0.25) is 0 Å². The lowest BCUT2D eigenvalue weighted by molar-refractivity contribution is 0.414. The number of hydrogen-bond donors (Lipinski definition) is 1. The Hall–Kier alpha value is -1.85. The minimum absolute atomic E-state index is 0.659. The van der Waals surface area contributed by atoms with Crippen LogP contribution in [0.3, 0.4) is 0 Å². The molecule has 0 atom stereocenters. The van der Waals surface area contributed by atoms with Gasteiger partial charge in [-0.2, -0.15) is 0 Å². The first kappa shape index (κ1) is 11.6. The first-order valence-corrected chi connectivity index (χ1v) is 5.62. The second kappa shape index (κ2) is 5.47. The summed E-state index contributed by atoms with van der Waals surface area (Å²) in [7, 11) is 1.65. The summed E-state index contributed by atoms with van der Waals surface area (Å²) in [5.74, 6) is 6.93. The number of hydrogen-bond acceptors (Lipinski definition) is 1. The van der Waals surface area contributed by atoms with Crippen molar-refractivity contribution < 1.29 is 4.74 Å². The fourth-order valence-electron chi connectivity index (χ4n) is 1.42. The molecule has 1 N–H and O–H groups in total.